The van der Waals surface area contributed by atoms with Gasteiger partial charge in [0.2, 0.25) is 5.95 Å². The fraction of sp³-hybridized carbons (Fsp3) is 0.722. The van der Waals surface area contributed by atoms with Gasteiger partial charge in [-0.05, 0) is 68.3 Å². The molecule has 2 fully saturated rings. The molecule has 0 radical (unpaired) electrons. The van der Waals surface area contributed by atoms with Crippen LogP contribution in [0.4, 0.5) is 13.2 Å². The highest BCUT2D eigenvalue weighted by atomic mass is 19.2. The molecule has 0 saturated heterocycles. The van der Waals surface area contributed by atoms with Crippen LogP contribution in [0.5, 0.6) is 0 Å². The van der Waals surface area contributed by atoms with E-state index in [4.69, 9.17) is 0 Å². The Kier molecular flexibility index (Phi) is 4.74. The molecule has 2 aliphatic carbocycles. The van der Waals surface area contributed by atoms with Crippen molar-refractivity contribution in [2.45, 2.75) is 64.2 Å². The zero-order valence-corrected chi connectivity index (χ0v) is 13.1. The van der Waals surface area contributed by atoms with E-state index < -0.39 is 17.7 Å². The molecular weight excluding hydrogens is 287 g/mol. The zero-order chi connectivity index (χ0) is 15.7. The first kappa shape index (κ1) is 15.8. The van der Waals surface area contributed by atoms with Crippen LogP contribution in [0.2, 0.25) is 0 Å². The maximum absolute atomic E-state index is 13.8. The number of aromatic nitrogens is 1. The van der Waals surface area contributed by atoms with Crippen molar-refractivity contribution in [2.24, 2.45) is 17.8 Å². The van der Waals surface area contributed by atoms with Crippen molar-refractivity contribution in [1.82, 2.24) is 4.98 Å². The summed E-state index contributed by atoms with van der Waals surface area (Å²) in [5.41, 5.74) is 0.259. The van der Waals surface area contributed by atoms with E-state index in [0.717, 1.165) is 49.5 Å². The van der Waals surface area contributed by atoms with E-state index >= 15 is 0 Å². The predicted octanol–water partition coefficient (Wildman–Crippen LogP) is 5.60. The second-order valence-corrected chi connectivity index (χ2v) is 7.27. The van der Waals surface area contributed by atoms with Gasteiger partial charge in [-0.1, -0.05) is 19.8 Å². The van der Waals surface area contributed by atoms with E-state index in [0.29, 0.717) is 0 Å². The van der Waals surface area contributed by atoms with Crippen molar-refractivity contribution in [2.75, 3.05) is 0 Å². The molecule has 0 unspecified atom stereocenters. The van der Waals surface area contributed by atoms with E-state index in [1.54, 1.807) is 0 Å². The molecule has 3 rings (SSSR count). The average Bonchev–Trinajstić information content (AvgIpc) is 2.52. The molecule has 1 nitrogen and oxygen atoms in total. The lowest BCUT2D eigenvalue weighted by atomic mass is 9.68. The van der Waals surface area contributed by atoms with E-state index in [9.17, 15) is 13.2 Å². The third kappa shape index (κ3) is 3.31. The van der Waals surface area contributed by atoms with Crippen molar-refractivity contribution < 1.29 is 13.2 Å². The minimum Gasteiger partial charge on any atom is -0.202 e. The molecule has 0 amide bonds. The van der Waals surface area contributed by atoms with Gasteiger partial charge in [-0.15, -0.1) is 0 Å². The fourth-order valence-electron chi connectivity index (χ4n) is 4.40. The summed E-state index contributed by atoms with van der Waals surface area (Å²) in [6.45, 7) is 2.33. The minimum absolute atomic E-state index is 0.0126. The summed E-state index contributed by atoms with van der Waals surface area (Å²) in [5, 5.41) is 0. The highest BCUT2D eigenvalue weighted by molar-refractivity contribution is 5.19. The second kappa shape index (κ2) is 6.59. The Hall–Kier alpha value is -1.06. The molecule has 22 heavy (non-hydrogen) atoms. The summed E-state index contributed by atoms with van der Waals surface area (Å²) < 4.78 is 40.0. The van der Waals surface area contributed by atoms with Gasteiger partial charge < -0.3 is 0 Å². The number of nitrogens with zero attached hydrogens (tertiary/aromatic N) is 1. The summed E-state index contributed by atoms with van der Waals surface area (Å²) >= 11 is 0. The molecule has 122 valence electrons. The van der Waals surface area contributed by atoms with Crippen molar-refractivity contribution in [3.8, 4) is 0 Å². The lowest BCUT2D eigenvalue weighted by Gasteiger charge is -2.37. The molecule has 0 atom stereocenters. The molecular formula is C18H24F3N. The van der Waals surface area contributed by atoms with Crippen LogP contribution in [-0.4, -0.2) is 4.98 Å². The average molecular weight is 311 g/mol. The summed E-state index contributed by atoms with van der Waals surface area (Å²) in [6.07, 6.45) is 9.15. The zero-order valence-electron chi connectivity index (χ0n) is 13.1. The highest BCUT2D eigenvalue weighted by Gasteiger charge is 2.31. The number of pyridine rings is 1. The molecule has 0 aliphatic heterocycles. The Labute approximate surface area is 130 Å². The van der Waals surface area contributed by atoms with Crippen molar-refractivity contribution >= 4 is 0 Å². The van der Waals surface area contributed by atoms with Crippen LogP contribution in [0.3, 0.4) is 0 Å². The molecule has 0 aromatic carbocycles. The Morgan fingerprint density at radius 1 is 0.818 bits per heavy atom. The maximum atomic E-state index is 13.8. The van der Waals surface area contributed by atoms with E-state index in [-0.39, 0.29) is 11.5 Å². The Bertz CT molecular complexity index is 515. The van der Waals surface area contributed by atoms with Crippen LogP contribution in [0.1, 0.15) is 69.8 Å². The van der Waals surface area contributed by atoms with Crippen molar-refractivity contribution in [3.63, 3.8) is 0 Å². The first-order valence-corrected chi connectivity index (χ1v) is 8.56. The van der Waals surface area contributed by atoms with Crippen molar-refractivity contribution in [3.05, 3.63) is 29.3 Å². The summed E-state index contributed by atoms with van der Waals surface area (Å²) in [4.78, 5) is 3.06. The van der Waals surface area contributed by atoms with Gasteiger partial charge in [0.1, 0.15) is 0 Å². The monoisotopic (exact) mass is 311 g/mol. The lowest BCUT2D eigenvalue weighted by Crippen LogP contribution is -2.25. The normalized spacial score (nSPS) is 32.9. The number of rotatable bonds is 2. The molecule has 2 saturated carbocycles. The van der Waals surface area contributed by atoms with Gasteiger partial charge in [-0.2, -0.15) is 13.8 Å². The molecule has 0 bridgehead atoms. The van der Waals surface area contributed by atoms with Crippen LogP contribution in [-0.2, 0) is 0 Å². The highest BCUT2D eigenvalue weighted by Crippen LogP contribution is 2.44. The first-order chi connectivity index (χ1) is 10.5. The molecule has 1 aromatic rings. The largest absolute Gasteiger partial charge is 0.251 e. The lowest BCUT2D eigenvalue weighted by molar-refractivity contribution is 0.164. The summed E-state index contributed by atoms with van der Waals surface area (Å²) in [6, 6.07) is 1.00. The quantitative estimate of drug-likeness (QED) is 0.648. The maximum Gasteiger partial charge on any atom is 0.251 e. The standard InChI is InChI=1S/C18H24F3N/c1-11-2-4-12(5-3-11)13-6-8-14(9-7-13)15-10-16(19)18(21)22-17(15)20/h10-14H,2-9H2,1H3/t11-,12-,13-,14-. The smallest absolute Gasteiger partial charge is 0.202 e. The second-order valence-electron chi connectivity index (χ2n) is 7.27. The minimum atomic E-state index is -1.34. The topological polar surface area (TPSA) is 12.9 Å². The van der Waals surface area contributed by atoms with Crippen LogP contribution in [0, 0.1) is 35.5 Å². The summed E-state index contributed by atoms with van der Waals surface area (Å²) in [7, 11) is 0. The van der Waals surface area contributed by atoms with Gasteiger partial charge in [-0.3, -0.25) is 0 Å². The van der Waals surface area contributed by atoms with Gasteiger partial charge in [-0.25, -0.2) is 4.39 Å². The third-order valence-corrected chi connectivity index (χ3v) is 5.85. The molecule has 0 N–H and O–H groups in total. The summed E-state index contributed by atoms with van der Waals surface area (Å²) in [5.74, 6) is -0.841. The van der Waals surface area contributed by atoms with Gasteiger partial charge in [0.15, 0.2) is 5.82 Å². The van der Waals surface area contributed by atoms with Gasteiger partial charge in [0, 0.05) is 5.56 Å². The van der Waals surface area contributed by atoms with Gasteiger partial charge >= 0.3 is 0 Å². The molecule has 1 heterocycles. The van der Waals surface area contributed by atoms with E-state index in [1.807, 2.05) is 0 Å². The van der Waals surface area contributed by atoms with Crippen LogP contribution in [0.25, 0.3) is 0 Å². The molecule has 0 spiro atoms. The van der Waals surface area contributed by atoms with Crippen molar-refractivity contribution in [1.29, 1.82) is 0 Å². The van der Waals surface area contributed by atoms with Gasteiger partial charge in [0.25, 0.3) is 5.95 Å². The van der Waals surface area contributed by atoms with Gasteiger partial charge in [0.05, 0.1) is 0 Å². The van der Waals surface area contributed by atoms with Crippen LogP contribution in [0.15, 0.2) is 6.07 Å². The number of hydrogen-bond acceptors (Lipinski definition) is 1. The molecule has 2 aliphatic rings. The molecule has 4 heteroatoms. The number of halogens is 3. The SMILES string of the molecule is C[C@H]1CC[C@H]([C@H]2CC[C@H](c3cc(F)c(F)nc3F)CC2)CC1. The number of hydrogen-bond donors (Lipinski definition) is 0. The Morgan fingerprint density at radius 2 is 1.36 bits per heavy atom. The fourth-order valence-corrected chi connectivity index (χ4v) is 4.40. The molecule has 1 aromatic heterocycles. The van der Waals surface area contributed by atoms with Crippen LogP contribution < -0.4 is 0 Å². The third-order valence-electron chi connectivity index (χ3n) is 5.85. The Morgan fingerprint density at radius 3 is 1.95 bits per heavy atom. The van der Waals surface area contributed by atoms with E-state index in [2.05, 4.69) is 11.9 Å². The Balaban J connectivity index is 1.61. The van der Waals surface area contributed by atoms with E-state index in [1.165, 1.54) is 25.7 Å². The van der Waals surface area contributed by atoms with Crippen LogP contribution >= 0.6 is 0 Å². The first-order valence-electron chi connectivity index (χ1n) is 8.56. The predicted molar refractivity (Wildman–Crippen MR) is 79.9 cm³/mol.